The monoisotopic (exact) mass is 334 g/mol. The summed E-state index contributed by atoms with van der Waals surface area (Å²) in [5.74, 6) is -0.715. The molecule has 1 saturated heterocycles. The van der Waals surface area contributed by atoms with Gasteiger partial charge in [0.1, 0.15) is 11.6 Å². The van der Waals surface area contributed by atoms with Gasteiger partial charge in [0, 0.05) is 26.2 Å². The number of hydrogen-bond donors (Lipinski definition) is 2. The number of piperazine rings is 1. The van der Waals surface area contributed by atoms with Crippen molar-refractivity contribution in [2.45, 2.75) is 0 Å². The van der Waals surface area contributed by atoms with Gasteiger partial charge in [-0.05, 0) is 24.3 Å². The highest BCUT2D eigenvalue weighted by molar-refractivity contribution is 6.34. The van der Waals surface area contributed by atoms with Crippen molar-refractivity contribution >= 4 is 29.0 Å². The first kappa shape index (κ1) is 15.7. The number of amides is 1. The Morgan fingerprint density at radius 3 is 2.74 bits per heavy atom. The lowest BCUT2D eigenvalue weighted by Crippen LogP contribution is -2.43. The highest BCUT2D eigenvalue weighted by Crippen LogP contribution is 2.21. The van der Waals surface area contributed by atoms with E-state index in [2.05, 4.69) is 20.5 Å². The van der Waals surface area contributed by atoms with Crippen molar-refractivity contribution < 1.29 is 9.18 Å². The molecule has 1 aromatic heterocycles. The number of pyridine rings is 1. The average Bonchev–Trinajstić information content (AvgIpc) is 2.59. The van der Waals surface area contributed by atoms with Crippen LogP contribution in [0.1, 0.15) is 10.4 Å². The summed E-state index contributed by atoms with van der Waals surface area (Å²) in [6.45, 7) is 3.73. The van der Waals surface area contributed by atoms with E-state index in [1.165, 1.54) is 18.2 Å². The molecule has 0 spiro atoms. The van der Waals surface area contributed by atoms with E-state index in [0.29, 0.717) is 5.82 Å². The van der Waals surface area contributed by atoms with Crippen LogP contribution in [0.5, 0.6) is 0 Å². The average molecular weight is 335 g/mol. The van der Waals surface area contributed by atoms with Crippen LogP contribution in [0.3, 0.4) is 0 Å². The number of rotatable bonds is 3. The molecular formula is C16H16ClFN4O. The molecule has 1 aliphatic heterocycles. The molecule has 1 aromatic carbocycles. The van der Waals surface area contributed by atoms with Crippen LogP contribution in [0.15, 0.2) is 36.5 Å². The quantitative estimate of drug-likeness (QED) is 0.905. The molecule has 2 N–H and O–H groups in total. The van der Waals surface area contributed by atoms with E-state index < -0.39 is 11.7 Å². The summed E-state index contributed by atoms with van der Waals surface area (Å²) < 4.78 is 13.4. The Morgan fingerprint density at radius 1 is 1.26 bits per heavy atom. The van der Waals surface area contributed by atoms with Gasteiger partial charge in [-0.15, -0.1) is 0 Å². The third-order valence-electron chi connectivity index (χ3n) is 3.67. The van der Waals surface area contributed by atoms with Crippen LogP contribution in [-0.4, -0.2) is 37.1 Å². The lowest BCUT2D eigenvalue weighted by molar-refractivity contribution is 0.102. The minimum atomic E-state index is -0.624. The number of benzene rings is 1. The molecule has 5 nitrogen and oxygen atoms in total. The number of nitrogens with zero attached hydrogens (tertiary/aromatic N) is 2. The molecule has 23 heavy (non-hydrogen) atoms. The molecule has 120 valence electrons. The van der Waals surface area contributed by atoms with Crippen molar-refractivity contribution in [1.29, 1.82) is 0 Å². The van der Waals surface area contributed by atoms with Crippen molar-refractivity contribution in [2.75, 3.05) is 36.4 Å². The summed E-state index contributed by atoms with van der Waals surface area (Å²) in [5.41, 5.74) is 1.09. The predicted molar refractivity (Wildman–Crippen MR) is 88.7 cm³/mol. The second-order valence-corrected chi connectivity index (χ2v) is 5.57. The fraction of sp³-hybridized carbons (Fsp3) is 0.250. The lowest BCUT2D eigenvalue weighted by Gasteiger charge is -2.29. The highest BCUT2D eigenvalue weighted by Gasteiger charge is 2.15. The third kappa shape index (κ3) is 3.60. The van der Waals surface area contributed by atoms with Crippen LogP contribution in [0.2, 0.25) is 5.02 Å². The smallest absolute Gasteiger partial charge is 0.258 e. The Hall–Kier alpha value is -2.18. The SMILES string of the molecule is O=C(Nc1ccc(N2CCNCC2)cn1)c1cccc(F)c1Cl. The Kier molecular flexibility index (Phi) is 4.73. The minimum Gasteiger partial charge on any atom is -0.368 e. The fourth-order valence-corrected chi connectivity index (χ4v) is 2.64. The number of aromatic nitrogens is 1. The Morgan fingerprint density at radius 2 is 2.04 bits per heavy atom. The summed E-state index contributed by atoms with van der Waals surface area (Å²) in [5, 5.41) is 5.72. The van der Waals surface area contributed by atoms with Gasteiger partial charge in [0.2, 0.25) is 0 Å². The van der Waals surface area contributed by atoms with Gasteiger partial charge in [0.15, 0.2) is 0 Å². The predicted octanol–water partition coefficient (Wildman–Crippen LogP) is 2.54. The maximum absolute atomic E-state index is 13.4. The van der Waals surface area contributed by atoms with Gasteiger partial charge in [-0.3, -0.25) is 4.79 Å². The maximum Gasteiger partial charge on any atom is 0.258 e. The highest BCUT2D eigenvalue weighted by atomic mass is 35.5. The molecule has 0 bridgehead atoms. The van der Waals surface area contributed by atoms with Crippen molar-refractivity contribution in [3.63, 3.8) is 0 Å². The summed E-state index contributed by atoms with van der Waals surface area (Å²) in [6.07, 6.45) is 1.72. The fourth-order valence-electron chi connectivity index (χ4n) is 2.43. The molecule has 0 saturated carbocycles. The van der Waals surface area contributed by atoms with E-state index in [1.54, 1.807) is 12.3 Å². The van der Waals surface area contributed by atoms with Crippen LogP contribution < -0.4 is 15.5 Å². The summed E-state index contributed by atoms with van der Waals surface area (Å²) in [7, 11) is 0. The maximum atomic E-state index is 13.4. The minimum absolute atomic E-state index is 0.0830. The molecule has 0 unspecified atom stereocenters. The molecular weight excluding hydrogens is 319 g/mol. The standard InChI is InChI=1S/C16H16ClFN4O/c17-15-12(2-1-3-13(15)18)16(23)21-14-5-4-11(10-20-14)22-8-6-19-7-9-22/h1-5,10,19H,6-9H2,(H,20,21,23). The van der Waals surface area contributed by atoms with Crippen LogP contribution in [0.25, 0.3) is 0 Å². The van der Waals surface area contributed by atoms with E-state index in [-0.39, 0.29) is 10.6 Å². The topological polar surface area (TPSA) is 57.3 Å². The van der Waals surface area contributed by atoms with Gasteiger partial charge in [-0.1, -0.05) is 17.7 Å². The number of halogens is 2. The van der Waals surface area contributed by atoms with Crippen molar-refractivity contribution in [3.05, 3.63) is 52.9 Å². The van der Waals surface area contributed by atoms with Gasteiger partial charge >= 0.3 is 0 Å². The van der Waals surface area contributed by atoms with Gasteiger partial charge in [0.25, 0.3) is 5.91 Å². The number of nitrogens with one attached hydrogen (secondary N) is 2. The van der Waals surface area contributed by atoms with Gasteiger partial charge in [0.05, 0.1) is 22.5 Å². The van der Waals surface area contributed by atoms with Crippen LogP contribution in [0, 0.1) is 5.82 Å². The molecule has 0 radical (unpaired) electrons. The Labute approximate surface area is 138 Å². The van der Waals surface area contributed by atoms with Gasteiger partial charge < -0.3 is 15.5 Å². The van der Waals surface area contributed by atoms with E-state index in [9.17, 15) is 9.18 Å². The number of carbonyl (C=O) groups is 1. The molecule has 0 atom stereocenters. The summed E-state index contributed by atoms with van der Waals surface area (Å²) >= 11 is 5.81. The summed E-state index contributed by atoms with van der Waals surface area (Å²) in [6, 6.07) is 7.75. The molecule has 0 aliphatic carbocycles. The molecule has 1 aliphatic rings. The van der Waals surface area contributed by atoms with Crippen LogP contribution >= 0.6 is 11.6 Å². The van der Waals surface area contributed by atoms with Gasteiger partial charge in [-0.2, -0.15) is 0 Å². The lowest BCUT2D eigenvalue weighted by atomic mass is 10.2. The Balaban J connectivity index is 1.70. The van der Waals surface area contributed by atoms with Crippen molar-refractivity contribution in [3.8, 4) is 0 Å². The largest absolute Gasteiger partial charge is 0.368 e. The molecule has 2 heterocycles. The molecule has 3 rings (SSSR count). The zero-order valence-corrected chi connectivity index (χ0v) is 13.1. The van der Waals surface area contributed by atoms with Crippen LogP contribution in [0.4, 0.5) is 15.9 Å². The van der Waals surface area contributed by atoms with Crippen molar-refractivity contribution in [1.82, 2.24) is 10.3 Å². The van der Waals surface area contributed by atoms with Crippen molar-refractivity contribution in [2.24, 2.45) is 0 Å². The van der Waals surface area contributed by atoms with E-state index in [4.69, 9.17) is 11.6 Å². The molecule has 2 aromatic rings. The van der Waals surface area contributed by atoms with E-state index in [1.807, 2.05) is 6.07 Å². The summed E-state index contributed by atoms with van der Waals surface area (Å²) in [4.78, 5) is 18.6. The third-order valence-corrected chi connectivity index (χ3v) is 4.05. The second-order valence-electron chi connectivity index (χ2n) is 5.19. The molecule has 1 fully saturated rings. The second kappa shape index (κ2) is 6.93. The Bertz CT molecular complexity index is 702. The van der Waals surface area contributed by atoms with E-state index >= 15 is 0 Å². The number of hydrogen-bond acceptors (Lipinski definition) is 4. The normalized spacial score (nSPS) is 14.6. The zero-order valence-electron chi connectivity index (χ0n) is 12.4. The number of carbonyl (C=O) groups excluding carboxylic acids is 1. The zero-order chi connectivity index (χ0) is 16.2. The molecule has 1 amide bonds. The first-order valence-corrected chi connectivity index (χ1v) is 7.70. The van der Waals surface area contributed by atoms with Gasteiger partial charge in [-0.25, -0.2) is 9.37 Å². The molecule has 7 heteroatoms. The van der Waals surface area contributed by atoms with Crippen LogP contribution in [-0.2, 0) is 0 Å². The number of anilines is 2. The first-order valence-electron chi connectivity index (χ1n) is 7.32. The first-order chi connectivity index (χ1) is 11.1. The van der Waals surface area contributed by atoms with E-state index in [0.717, 1.165) is 31.9 Å².